The van der Waals surface area contributed by atoms with Crippen LogP contribution in [-0.2, 0) is 4.74 Å². The Hall–Kier alpha value is -1.13. The Morgan fingerprint density at radius 1 is 1.35 bits per heavy atom. The van der Waals surface area contributed by atoms with Crippen LogP contribution < -0.4 is 4.74 Å². The molecule has 4 heteroatoms. The molecule has 0 saturated carbocycles. The van der Waals surface area contributed by atoms with E-state index in [0.29, 0.717) is 11.3 Å². The van der Waals surface area contributed by atoms with E-state index in [0.717, 1.165) is 6.42 Å². The van der Waals surface area contributed by atoms with Crippen LogP contribution in [0.2, 0.25) is 0 Å². The summed E-state index contributed by atoms with van der Waals surface area (Å²) in [6, 6.07) is 4.22. The Morgan fingerprint density at radius 3 is 2.50 bits per heavy atom. The first-order chi connectivity index (χ1) is 9.11. The van der Waals surface area contributed by atoms with Crippen LogP contribution in [0, 0.1) is 5.82 Å². The van der Waals surface area contributed by atoms with E-state index in [-0.39, 0.29) is 17.5 Å². The molecule has 0 spiro atoms. The van der Waals surface area contributed by atoms with Gasteiger partial charge in [-0.2, -0.15) is 0 Å². The number of hydrogen-bond donors (Lipinski definition) is 1. The van der Waals surface area contributed by atoms with Gasteiger partial charge in [-0.1, -0.05) is 0 Å². The molecule has 2 rings (SSSR count). The smallest absolute Gasteiger partial charge is 0.130 e. The maximum atomic E-state index is 13.3. The Morgan fingerprint density at radius 2 is 2.00 bits per heavy atom. The van der Waals surface area contributed by atoms with Gasteiger partial charge in [-0.05, 0) is 52.8 Å². The molecule has 1 aromatic carbocycles. The number of ether oxygens (including phenoxy) is 2. The van der Waals surface area contributed by atoms with Crippen LogP contribution in [0.5, 0.6) is 5.75 Å². The maximum absolute atomic E-state index is 13.3. The van der Waals surface area contributed by atoms with Crippen molar-refractivity contribution in [3.63, 3.8) is 0 Å². The zero-order chi connectivity index (χ0) is 15.1. The van der Waals surface area contributed by atoms with Crippen molar-refractivity contribution in [3.8, 4) is 5.75 Å². The second-order valence-electron chi connectivity index (χ2n) is 6.63. The lowest BCUT2D eigenvalue weighted by Crippen LogP contribution is -2.37. The van der Waals surface area contributed by atoms with Crippen molar-refractivity contribution >= 4 is 0 Å². The molecule has 0 amide bonds. The lowest BCUT2D eigenvalue weighted by molar-refractivity contribution is -0.0848. The fourth-order valence-electron chi connectivity index (χ4n) is 2.80. The number of aliphatic hydroxyl groups is 1. The third-order valence-corrected chi connectivity index (χ3v) is 3.68. The molecule has 1 N–H and O–H groups in total. The summed E-state index contributed by atoms with van der Waals surface area (Å²) in [5.41, 5.74) is -0.210. The van der Waals surface area contributed by atoms with Gasteiger partial charge in [0.15, 0.2) is 0 Å². The Kier molecular flexibility index (Phi) is 3.82. The predicted molar refractivity (Wildman–Crippen MR) is 75.3 cm³/mol. The van der Waals surface area contributed by atoms with Crippen LogP contribution in [0.3, 0.4) is 0 Å². The van der Waals surface area contributed by atoms with Crippen LogP contribution in [0.25, 0.3) is 0 Å². The second-order valence-corrected chi connectivity index (χ2v) is 6.63. The summed E-state index contributed by atoms with van der Waals surface area (Å²) >= 11 is 0. The summed E-state index contributed by atoms with van der Waals surface area (Å²) in [4.78, 5) is 0. The first-order valence-electron chi connectivity index (χ1n) is 6.95. The van der Waals surface area contributed by atoms with Crippen molar-refractivity contribution in [2.45, 2.75) is 64.4 Å². The van der Waals surface area contributed by atoms with Crippen LogP contribution in [0.1, 0.15) is 52.7 Å². The molecule has 1 saturated heterocycles. The molecule has 1 aromatic rings. The van der Waals surface area contributed by atoms with E-state index in [2.05, 4.69) is 0 Å². The van der Waals surface area contributed by atoms with Crippen molar-refractivity contribution in [2.24, 2.45) is 0 Å². The lowest BCUT2D eigenvalue weighted by Gasteiger charge is -2.28. The minimum absolute atomic E-state index is 0.138. The molecule has 1 fully saturated rings. The molecule has 112 valence electrons. The topological polar surface area (TPSA) is 38.7 Å². The SMILES string of the molecule is CC(O)c1cc(F)ccc1OC1CC(C)(C)OC1(C)C. The quantitative estimate of drug-likeness (QED) is 0.920. The molecule has 2 unspecified atom stereocenters. The summed E-state index contributed by atoms with van der Waals surface area (Å²) in [5.74, 6) is 0.135. The van der Waals surface area contributed by atoms with Gasteiger partial charge in [-0.25, -0.2) is 4.39 Å². The summed E-state index contributed by atoms with van der Waals surface area (Å²) in [5, 5.41) is 9.76. The summed E-state index contributed by atoms with van der Waals surface area (Å²) in [7, 11) is 0. The van der Waals surface area contributed by atoms with E-state index >= 15 is 0 Å². The lowest BCUT2D eigenvalue weighted by atomic mass is 9.97. The highest BCUT2D eigenvalue weighted by atomic mass is 19.1. The normalized spacial score (nSPS) is 25.4. The van der Waals surface area contributed by atoms with Crippen LogP contribution in [0.4, 0.5) is 4.39 Å². The van der Waals surface area contributed by atoms with Crippen molar-refractivity contribution in [3.05, 3.63) is 29.6 Å². The van der Waals surface area contributed by atoms with E-state index < -0.39 is 11.7 Å². The van der Waals surface area contributed by atoms with Crippen molar-refractivity contribution in [2.75, 3.05) is 0 Å². The van der Waals surface area contributed by atoms with Gasteiger partial charge in [0.1, 0.15) is 23.3 Å². The van der Waals surface area contributed by atoms with E-state index in [1.165, 1.54) is 12.1 Å². The van der Waals surface area contributed by atoms with E-state index in [9.17, 15) is 9.50 Å². The number of halogens is 1. The zero-order valence-corrected chi connectivity index (χ0v) is 12.7. The molecular formula is C16H23FO3. The van der Waals surface area contributed by atoms with E-state index in [1.54, 1.807) is 13.0 Å². The fraction of sp³-hybridized carbons (Fsp3) is 0.625. The highest BCUT2D eigenvalue weighted by Gasteiger charge is 2.47. The van der Waals surface area contributed by atoms with E-state index in [1.807, 2.05) is 27.7 Å². The molecule has 1 heterocycles. The molecule has 0 radical (unpaired) electrons. The molecule has 1 aliphatic heterocycles. The predicted octanol–water partition coefficient (Wildman–Crippen LogP) is 3.60. The molecule has 0 aliphatic carbocycles. The van der Waals surface area contributed by atoms with Crippen molar-refractivity contribution < 1.29 is 19.0 Å². The van der Waals surface area contributed by atoms with Crippen LogP contribution >= 0.6 is 0 Å². The number of benzene rings is 1. The van der Waals surface area contributed by atoms with Crippen molar-refractivity contribution in [1.82, 2.24) is 0 Å². The van der Waals surface area contributed by atoms with Gasteiger partial charge in [0.2, 0.25) is 0 Å². The van der Waals surface area contributed by atoms with Gasteiger partial charge in [-0.15, -0.1) is 0 Å². The fourth-order valence-corrected chi connectivity index (χ4v) is 2.80. The third kappa shape index (κ3) is 3.13. The largest absolute Gasteiger partial charge is 0.487 e. The van der Waals surface area contributed by atoms with Crippen LogP contribution in [0.15, 0.2) is 18.2 Å². The zero-order valence-electron chi connectivity index (χ0n) is 12.7. The molecule has 20 heavy (non-hydrogen) atoms. The number of rotatable bonds is 3. The second kappa shape index (κ2) is 5.01. The highest BCUT2D eigenvalue weighted by molar-refractivity contribution is 5.36. The Balaban J connectivity index is 2.27. The van der Waals surface area contributed by atoms with Crippen molar-refractivity contribution in [1.29, 1.82) is 0 Å². The minimum atomic E-state index is -0.779. The Bertz CT molecular complexity index is 494. The standard InChI is InChI=1S/C16H23FO3/c1-10(18)12-8-11(17)6-7-13(12)19-14-9-15(2,3)20-16(14,4)5/h6-8,10,14,18H,9H2,1-5H3. The molecule has 3 nitrogen and oxygen atoms in total. The average molecular weight is 282 g/mol. The molecule has 1 aliphatic rings. The first-order valence-corrected chi connectivity index (χ1v) is 6.95. The molecule has 2 atom stereocenters. The minimum Gasteiger partial charge on any atom is -0.487 e. The molecule has 0 bridgehead atoms. The van der Waals surface area contributed by atoms with Gasteiger partial charge in [0.05, 0.1) is 11.7 Å². The average Bonchev–Trinajstić information content (AvgIpc) is 2.48. The Labute approximate surface area is 119 Å². The highest BCUT2D eigenvalue weighted by Crippen LogP contribution is 2.40. The summed E-state index contributed by atoms with van der Waals surface area (Å²) in [6.45, 7) is 9.62. The number of aliphatic hydroxyl groups excluding tert-OH is 1. The summed E-state index contributed by atoms with van der Waals surface area (Å²) < 4.78 is 25.3. The molecular weight excluding hydrogens is 259 g/mol. The molecule has 0 aromatic heterocycles. The van der Waals surface area contributed by atoms with Gasteiger partial charge >= 0.3 is 0 Å². The monoisotopic (exact) mass is 282 g/mol. The van der Waals surface area contributed by atoms with Gasteiger partial charge in [-0.3, -0.25) is 0 Å². The van der Waals surface area contributed by atoms with Crippen LogP contribution in [-0.4, -0.2) is 22.4 Å². The first kappa shape index (κ1) is 15.3. The summed E-state index contributed by atoms with van der Waals surface area (Å²) in [6.07, 6.45) is -0.170. The van der Waals surface area contributed by atoms with Gasteiger partial charge in [0, 0.05) is 12.0 Å². The number of hydrogen-bond acceptors (Lipinski definition) is 3. The maximum Gasteiger partial charge on any atom is 0.130 e. The van der Waals surface area contributed by atoms with E-state index in [4.69, 9.17) is 9.47 Å². The third-order valence-electron chi connectivity index (χ3n) is 3.68. The van der Waals surface area contributed by atoms with Gasteiger partial charge in [0.25, 0.3) is 0 Å². The van der Waals surface area contributed by atoms with Gasteiger partial charge < -0.3 is 14.6 Å².